The zero-order chi connectivity index (χ0) is 15.0. The van der Waals surface area contributed by atoms with Crippen LogP contribution in [0.1, 0.15) is 32.3 Å². The summed E-state index contributed by atoms with van der Waals surface area (Å²) >= 11 is 6.54. The molecule has 0 bridgehead atoms. The number of likely N-dealkylation sites (N-methyl/N-ethyl adjacent to an activating group) is 1. The van der Waals surface area contributed by atoms with Gasteiger partial charge in [0.05, 0.1) is 10.7 Å². The van der Waals surface area contributed by atoms with Crippen molar-refractivity contribution in [2.45, 2.75) is 51.4 Å². The van der Waals surface area contributed by atoms with E-state index in [1.807, 2.05) is 6.07 Å². The molecule has 1 aliphatic carbocycles. The Balaban J connectivity index is 1.82. The van der Waals surface area contributed by atoms with Crippen molar-refractivity contribution in [3.8, 4) is 0 Å². The van der Waals surface area contributed by atoms with Crippen molar-refractivity contribution in [3.63, 3.8) is 0 Å². The number of halogens is 1. The number of anilines is 1. The fraction of sp³-hybridized carbons (Fsp3) is 0.647. The van der Waals surface area contributed by atoms with Crippen LogP contribution in [0.2, 0.25) is 5.02 Å². The molecule has 1 saturated carbocycles. The quantitative estimate of drug-likeness (QED) is 0.922. The van der Waals surface area contributed by atoms with Crippen LogP contribution in [0.4, 0.5) is 5.69 Å². The number of hydrogen-bond donors (Lipinski definition) is 1. The van der Waals surface area contributed by atoms with Gasteiger partial charge in [-0.2, -0.15) is 0 Å². The van der Waals surface area contributed by atoms with E-state index in [4.69, 9.17) is 11.6 Å². The SMILES string of the molecule is CC1CN(c2c(Cl)cccc2CNC2CC2)CC(C)N1C. The Morgan fingerprint density at radius 3 is 2.48 bits per heavy atom. The summed E-state index contributed by atoms with van der Waals surface area (Å²) in [6, 6.07) is 8.12. The summed E-state index contributed by atoms with van der Waals surface area (Å²) in [6.45, 7) is 7.60. The topological polar surface area (TPSA) is 18.5 Å². The third-order valence-electron chi connectivity index (χ3n) is 4.90. The van der Waals surface area contributed by atoms with Gasteiger partial charge in [-0.15, -0.1) is 0 Å². The number of rotatable bonds is 4. The third kappa shape index (κ3) is 3.36. The van der Waals surface area contributed by atoms with Crippen LogP contribution in [0.15, 0.2) is 18.2 Å². The van der Waals surface area contributed by atoms with E-state index in [0.29, 0.717) is 12.1 Å². The second-order valence-corrected chi connectivity index (χ2v) is 7.08. The fourth-order valence-electron chi connectivity index (χ4n) is 3.19. The summed E-state index contributed by atoms with van der Waals surface area (Å²) in [6.07, 6.45) is 2.64. The maximum absolute atomic E-state index is 6.54. The molecule has 0 amide bonds. The Bertz CT molecular complexity index is 489. The molecule has 1 aliphatic heterocycles. The Hall–Kier alpha value is -0.770. The average Bonchev–Trinajstić information content (AvgIpc) is 3.26. The van der Waals surface area contributed by atoms with Crippen molar-refractivity contribution in [2.24, 2.45) is 0 Å². The van der Waals surface area contributed by atoms with Crippen molar-refractivity contribution in [1.29, 1.82) is 0 Å². The van der Waals surface area contributed by atoms with Gasteiger partial charge in [-0.1, -0.05) is 23.7 Å². The molecule has 2 unspecified atom stereocenters. The van der Waals surface area contributed by atoms with Crippen LogP contribution in [-0.4, -0.2) is 43.2 Å². The Morgan fingerprint density at radius 1 is 1.19 bits per heavy atom. The molecule has 4 heteroatoms. The molecule has 3 nitrogen and oxygen atoms in total. The largest absolute Gasteiger partial charge is 0.367 e. The van der Waals surface area contributed by atoms with Crippen LogP contribution in [0.3, 0.4) is 0 Å². The predicted molar refractivity (Wildman–Crippen MR) is 90.2 cm³/mol. The van der Waals surface area contributed by atoms with Gasteiger partial charge in [-0.25, -0.2) is 0 Å². The predicted octanol–water partition coefficient (Wildman–Crippen LogP) is 3.12. The lowest BCUT2D eigenvalue weighted by molar-refractivity contribution is 0.170. The van der Waals surface area contributed by atoms with Crippen molar-refractivity contribution in [2.75, 3.05) is 25.0 Å². The highest BCUT2D eigenvalue weighted by Gasteiger charge is 2.29. The molecule has 1 aromatic carbocycles. The van der Waals surface area contributed by atoms with E-state index in [-0.39, 0.29) is 0 Å². The van der Waals surface area contributed by atoms with Crippen molar-refractivity contribution in [1.82, 2.24) is 10.2 Å². The Morgan fingerprint density at radius 2 is 1.86 bits per heavy atom. The molecule has 1 saturated heterocycles. The normalized spacial score (nSPS) is 27.1. The fourth-order valence-corrected chi connectivity index (χ4v) is 3.50. The van der Waals surface area contributed by atoms with Crippen LogP contribution in [-0.2, 0) is 6.54 Å². The maximum atomic E-state index is 6.54. The Labute approximate surface area is 133 Å². The zero-order valence-corrected chi connectivity index (χ0v) is 14.0. The lowest BCUT2D eigenvalue weighted by atomic mass is 10.1. The molecule has 2 fully saturated rings. The highest BCUT2D eigenvalue weighted by molar-refractivity contribution is 6.33. The van der Waals surface area contributed by atoms with E-state index in [1.165, 1.54) is 24.1 Å². The van der Waals surface area contributed by atoms with Gasteiger partial charge in [0.2, 0.25) is 0 Å². The number of nitrogens with zero attached hydrogens (tertiary/aromatic N) is 2. The first-order chi connectivity index (χ1) is 10.1. The molecule has 21 heavy (non-hydrogen) atoms. The van der Waals surface area contributed by atoms with Gasteiger partial charge < -0.3 is 10.2 Å². The second kappa shape index (κ2) is 6.15. The minimum Gasteiger partial charge on any atom is -0.367 e. The average molecular weight is 308 g/mol. The van der Waals surface area contributed by atoms with Crippen LogP contribution < -0.4 is 10.2 Å². The lowest BCUT2D eigenvalue weighted by Gasteiger charge is -2.44. The van der Waals surface area contributed by atoms with Gasteiger partial charge in [0.15, 0.2) is 0 Å². The molecule has 2 atom stereocenters. The summed E-state index contributed by atoms with van der Waals surface area (Å²) < 4.78 is 0. The smallest absolute Gasteiger partial charge is 0.0642 e. The second-order valence-electron chi connectivity index (χ2n) is 6.67. The van der Waals surface area contributed by atoms with Gasteiger partial charge >= 0.3 is 0 Å². The number of benzene rings is 1. The third-order valence-corrected chi connectivity index (χ3v) is 5.21. The highest BCUT2D eigenvalue weighted by atomic mass is 35.5. The molecule has 1 N–H and O–H groups in total. The van der Waals surface area contributed by atoms with Gasteiger partial charge in [-0.05, 0) is 45.4 Å². The first-order valence-electron chi connectivity index (χ1n) is 8.04. The van der Waals surface area contributed by atoms with E-state index in [0.717, 1.165) is 30.7 Å². The van der Waals surface area contributed by atoms with E-state index in [1.54, 1.807) is 0 Å². The molecule has 1 aromatic rings. The van der Waals surface area contributed by atoms with Crippen LogP contribution in [0.25, 0.3) is 0 Å². The molecule has 2 aliphatic rings. The zero-order valence-electron chi connectivity index (χ0n) is 13.3. The summed E-state index contributed by atoms with van der Waals surface area (Å²) in [5.74, 6) is 0. The summed E-state index contributed by atoms with van der Waals surface area (Å²) in [4.78, 5) is 4.93. The van der Waals surface area contributed by atoms with Gasteiger partial charge in [0, 0.05) is 37.8 Å². The van der Waals surface area contributed by atoms with E-state index < -0.39 is 0 Å². The Kier molecular flexibility index (Phi) is 4.43. The van der Waals surface area contributed by atoms with Crippen LogP contribution >= 0.6 is 11.6 Å². The molecule has 116 valence electrons. The summed E-state index contributed by atoms with van der Waals surface area (Å²) in [5, 5.41) is 4.50. The van der Waals surface area contributed by atoms with Gasteiger partial charge in [0.25, 0.3) is 0 Å². The molecular weight excluding hydrogens is 282 g/mol. The minimum absolute atomic E-state index is 0.550. The molecule has 3 rings (SSSR count). The molecular formula is C17H26ClN3. The minimum atomic E-state index is 0.550. The number of hydrogen-bond acceptors (Lipinski definition) is 3. The van der Waals surface area contributed by atoms with Crippen molar-refractivity contribution < 1.29 is 0 Å². The lowest BCUT2D eigenvalue weighted by Crippen LogP contribution is -2.55. The highest BCUT2D eigenvalue weighted by Crippen LogP contribution is 2.33. The molecule has 0 spiro atoms. The van der Waals surface area contributed by atoms with E-state index in [2.05, 4.69) is 48.1 Å². The maximum Gasteiger partial charge on any atom is 0.0642 e. The number of piperazine rings is 1. The van der Waals surface area contributed by atoms with E-state index >= 15 is 0 Å². The molecule has 1 heterocycles. The monoisotopic (exact) mass is 307 g/mol. The van der Waals surface area contributed by atoms with Gasteiger partial charge in [0.1, 0.15) is 0 Å². The number of nitrogens with one attached hydrogen (secondary N) is 1. The summed E-state index contributed by atoms with van der Waals surface area (Å²) in [7, 11) is 2.22. The van der Waals surface area contributed by atoms with E-state index in [9.17, 15) is 0 Å². The molecule has 0 aromatic heterocycles. The van der Waals surface area contributed by atoms with Gasteiger partial charge in [-0.3, -0.25) is 4.90 Å². The summed E-state index contributed by atoms with van der Waals surface area (Å²) in [5.41, 5.74) is 2.57. The van der Waals surface area contributed by atoms with Crippen LogP contribution in [0, 0.1) is 0 Å². The van der Waals surface area contributed by atoms with Crippen molar-refractivity contribution >= 4 is 17.3 Å². The standard InChI is InChI=1S/C17H26ClN3/c1-12-10-21(11-13(2)20(12)3)17-14(5-4-6-16(17)18)9-19-15-7-8-15/h4-6,12-13,15,19H,7-11H2,1-3H3. The van der Waals surface area contributed by atoms with Crippen molar-refractivity contribution in [3.05, 3.63) is 28.8 Å². The first-order valence-corrected chi connectivity index (χ1v) is 8.41. The number of para-hydroxylation sites is 1. The molecule has 0 radical (unpaired) electrons. The first kappa shape index (κ1) is 15.1. The van der Waals surface area contributed by atoms with Crippen LogP contribution in [0.5, 0.6) is 0 Å².